The number of aromatic nitrogens is 1. The maximum absolute atomic E-state index is 12.5. The number of nitrogens with zero attached hydrogens (tertiary/aromatic N) is 1. The molecule has 3 aromatic carbocycles. The number of nitrogens with one attached hydrogen (secondary N) is 1. The highest BCUT2D eigenvalue weighted by atomic mass is 32.2. The van der Waals surface area contributed by atoms with Crippen molar-refractivity contribution in [2.45, 2.75) is 11.8 Å². The Morgan fingerprint density at radius 1 is 0.893 bits per heavy atom. The van der Waals surface area contributed by atoms with Gasteiger partial charge in [0, 0.05) is 11.3 Å². The van der Waals surface area contributed by atoms with E-state index < -0.39 is 15.6 Å². The molecule has 1 heterocycles. The van der Waals surface area contributed by atoms with Gasteiger partial charge in [-0.05, 0) is 55.5 Å². The van der Waals surface area contributed by atoms with Crippen molar-refractivity contribution in [3.8, 4) is 11.5 Å². The number of anilines is 1. The number of sulfonamides is 1. The summed E-state index contributed by atoms with van der Waals surface area (Å²) in [5.74, 6) is 0.177. The van der Waals surface area contributed by atoms with Crippen LogP contribution in [0, 0.1) is 6.92 Å². The van der Waals surface area contributed by atoms with Gasteiger partial charge in [-0.25, -0.2) is 18.2 Å². The van der Waals surface area contributed by atoms with E-state index in [9.17, 15) is 13.2 Å². The lowest BCUT2D eigenvalue weighted by atomic mass is 10.2. The fourth-order valence-electron chi connectivity index (χ4n) is 2.75. The topological polar surface area (TPSA) is 89.3 Å². The van der Waals surface area contributed by atoms with E-state index in [-0.39, 0.29) is 10.8 Å². The largest absolute Gasteiger partial charge is 0.403 e. The van der Waals surface area contributed by atoms with Crippen molar-refractivity contribution in [3.05, 3.63) is 88.8 Å². The van der Waals surface area contributed by atoms with E-state index in [1.807, 2.05) is 6.92 Å². The quantitative estimate of drug-likeness (QED) is 0.568. The second-order valence-corrected chi connectivity index (χ2v) is 8.00. The number of hydrogen-bond acceptors (Lipinski definition) is 5. The van der Waals surface area contributed by atoms with Crippen LogP contribution in [-0.2, 0) is 10.0 Å². The monoisotopic (exact) mass is 392 g/mol. The predicted molar refractivity (Wildman–Crippen MR) is 108 cm³/mol. The molecule has 4 aromatic rings. The van der Waals surface area contributed by atoms with Crippen LogP contribution in [0.2, 0.25) is 0 Å². The maximum Gasteiger partial charge on any atom is 0.347 e. The molecule has 0 aliphatic rings. The summed E-state index contributed by atoms with van der Waals surface area (Å²) in [7, 11) is -3.68. The molecule has 0 bridgehead atoms. The normalized spacial score (nSPS) is 11.5. The van der Waals surface area contributed by atoms with Gasteiger partial charge in [-0.3, -0.25) is 4.72 Å². The third-order valence-corrected chi connectivity index (χ3v) is 5.65. The minimum atomic E-state index is -3.68. The molecular formula is C21H16N2O4S. The molecule has 0 atom stereocenters. The summed E-state index contributed by atoms with van der Waals surface area (Å²) in [6, 6.07) is 20.0. The van der Waals surface area contributed by atoms with E-state index in [4.69, 9.17) is 4.42 Å². The second kappa shape index (κ2) is 6.94. The Balaban J connectivity index is 1.62. The Kier molecular flexibility index (Phi) is 4.44. The summed E-state index contributed by atoms with van der Waals surface area (Å²) >= 11 is 0. The van der Waals surface area contributed by atoms with Crippen molar-refractivity contribution >= 4 is 26.6 Å². The van der Waals surface area contributed by atoms with Gasteiger partial charge >= 0.3 is 5.63 Å². The van der Waals surface area contributed by atoms with Crippen LogP contribution in [0.5, 0.6) is 0 Å². The molecule has 0 saturated heterocycles. The van der Waals surface area contributed by atoms with Gasteiger partial charge < -0.3 is 4.42 Å². The number of para-hydroxylation sites is 1. The van der Waals surface area contributed by atoms with Crippen LogP contribution in [-0.4, -0.2) is 13.4 Å². The molecule has 4 rings (SSSR count). The van der Waals surface area contributed by atoms with E-state index in [0.717, 1.165) is 5.56 Å². The molecule has 140 valence electrons. The van der Waals surface area contributed by atoms with Crippen LogP contribution in [0.4, 0.5) is 5.69 Å². The lowest BCUT2D eigenvalue weighted by Crippen LogP contribution is -2.12. The van der Waals surface area contributed by atoms with Crippen LogP contribution in [0.1, 0.15) is 5.56 Å². The molecule has 0 unspecified atom stereocenters. The van der Waals surface area contributed by atoms with Crippen molar-refractivity contribution in [1.82, 2.24) is 4.98 Å². The van der Waals surface area contributed by atoms with Crippen molar-refractivity contribution in [2.24, 2.45) is 0 Å². The fourth-order valence-corrected chi connectivity index (χ4v) is 3.81. The molecule has 0 spiro atoms. The maximum atomic E-state index is 12.5. The summed E-state index contributed by atoms with van der Waals surface area (Å²) in [5.41, 5.74) is 2.02. The first-order valence-corrected chi connectivity index (χ1v) is 10.0. The Bertz CT molecular complexity index is 1310. The molecule has 0 saturated carbocycles. The lowest BCUT2D eigenvalue weighted by molar-refractivity contribution is 0.518. The van der Waals surface area contributed by atoms with Gasteiger partial charge in [0.2, 0.25) is 5.89 Å². The van der Waals surface area contributed by atoms with Crippen LogP contribution >= 0.6 is 0 Å². The summed E-state index contributed by atoms with van der Waals surface area (Å²) in [6.45, 7) is 1.89. The van der Waals surface area contributed by atoms with E-state index in [1.165, 1.54) is 0 Å². The first-order valence-electron chi connectivity index (χ1n) is 8.52. The minimum Gasteiger partial charge on any atom is -0.403 e. The zero-order chi connectivity index (χ0) is 19.7. The summed E-state index contributed by atoms with van der Waals surface area (Å²) in [5, 5.41) is 0.411. The Morgan fingerprint density at radius 3 is 2.29 bits per heavy atom. The molecule has 0 amide bonds. The number of benzene rings is 3. The van der Waals surface area contributed by atoms with E-state index in [1.54, 1.807) is 72.8 Å². The first kappa shape index (κ1) is 17.9. The highest BCUT2D eigenvalue weighted by molar-refractivity contribution is 7.92. The Morgan fingerprint density at radius 2 is 1.57 bits per heavy atom. The fraction of sp³-hybridized carbons (Fsp3) is 0.0476. The van der Waals surface area contributed by atoms with Crippen molar-refractivity contribution in [3.63, 3.8) is 0 Å². The Labute approximate surface area is 161 Å². The Hall–Kier alpha value is -3.45. The molecule has 7 heteroatoms. The standard InChI is InChI=1S/C21H16N2O4S/c1-14-6-12-17(13-7-14)28(25,26)23-16-10-8-15(9-11-16)20-22-19-5-3-2-4-18(19)21(24)27-20/h2-13,23H,1H3. The number of rotatable bonds is 4. The summed E-state index contributed by atoms with van der Waals surface area (Å²) < 4.78 is 32.8. The van der Waals surface area contributed by atoms with Crippen molar-refractivity contribution in [1.29, 1.82) is 0 Å². The molecule has 0 radical (unpaired) electrons. The number of aryl methyl sites for hydroxylation is 1. The van der Waals surface area contributed by atoms with Crippen LogP contribution in [0.3, 0.4) is 0 Å². The smallest absolute Gasteiger partial charge is 0.347 e. The predicted octanol–water partition coefficient (Wildman–Crippen LogP) is 3.96. The molecule has 6 nitrogen and oxygen atoms in total. The van der Waals surface area contributed by atoms with E-state index in [0.29, 0.717) is 22.2 Å². The molecule has 28 heavy (non-hydrogen) atoms. The molecule has 0 aliphatic carbocycles. The van der Waals surface area contributed by atoms with Crippen molar-refractivity contribution in [2.75, 3.05) is 4.72 Å². The van der Waals surface area contributed by atoms with Crippen LogP contribution in [0.25, 0.3) is 22.4 Å². The SMILES string of the molecule is Cc1ccc(S(=O)(=O)Nc2ccc(-c3nc4ccccc4c(=O)o3)cc2)cc1. The molecule has 0 aliphatic heterocycles. The average Bonchev–Trinajstić information content (AvgIpc) is 2.68. The average molecular weight is 392 g/mol. The zero-order valence-electron chi connectivity index (χ0n) is 14.9. The van der Waals surface area contributed by atoms with Gasteiger partial charge in [-0.1, -0.05) is 29.8 Å². The van der Waals surface area contributed by atoms with E-state index in [2.05, 4.69) is 9.71 Å². The van der Waals surface area contributed by atoms with Crippen molar-refractivity contribution < 1.29 is 12.8 Å². The molecular weight excluding hydrogens is 376 g/mol. The van der Waals surface area contributed by atoms with Gasteiger partial charge in [0.1, 0.15) is 0 Å². The third-order valence-electron chi connectivity index (χ3n) is 4.25. The molecule has 1 N–H and O–H groups in total. The summed E-state index contributed by atoms with van der Waals surface area (Å²) in [6.07, 6.45) is 0. The second-order valence-electron chi connectivity index (χ2n) is 6.32. The van der Waals surface area contributed by atoms with Gasteiger partial charge in [-0.15, -0.1) is 0 Å². The van der Waals surface area contributed by atoms with Gasteiger partial charge in [0.15, 0.2) is 0 Å². The molecule has 1 aromatic heterocycles. The molecule has 0 fully saturated rings. The first-order chi connectivity index (χ1) is 13.4. The minimum absolute atomic E-state index is 0.177. The summed E-state index contributed by atoms with van der Waals surface area (Å²) in [4.78, 5) is 16.7. The van der Waals surface area contributed by atoms with Gasteiger partial charge in [-0.2, -0.15) is 0 Å². The highest BCUT2D eigenvalue weighted by Gasteiger charge is 2.14. The highest BCUT2D eigenvalue weighted by Crippen LogP contribution is 2.22. The number of fused-ring (bicyclic) bond motifs is 1. The lowest BCUT2D eigenvalue weighted by Gasteiger charge is -2.09. The number of hydrogen-bond donors (Lipinski definition) is 1. The third kappa shape index (κ3) is 3.52. The van der Waals surface area contributed by atoms with Gasteiger partial charge in [0.25, 0.3) is 10.0 Å². The van der Waals surface area contributed by atoms with Crippen LogP contribution in [0.15, 0.2) is 86.9 Å². The van der Waals surface area contributed by atoms with E-state index >= 15 is 0 Å². The van der Waals surface area contributed by atoms with Crippen LogP contribution < -0.4 is 10.3 Å². The zero-order valence-corrected chi connectivity index (χ0v) is 15.7. The van der Waals surface area contributed by atoms with Gasteiger partial charge in [0.05, 0.1) is 15.8 Å².